The number of benzene rings is 1. The first-order chi connectivity index (χ1) is 9.90. The minimum Gasteiger partial charge on any atom is -0.144 e. The predicted molar refractivity (Wildman–Crippen MR) is 92.9 cm³/mol. The molecule has 0 N–H and O–H groups in total. The van der Waals surface area contributed by atoms with Gasteiger partial charge < -0.3 is 0 Å². The lowest BCUT2D eigenvalue weighted by atomic mass is 10.1. The van der Waals surface area contributed by atoms with Crippen LogP contribution in [0.1, 0.15) is 20.9 Å². The summed E-state index contributed by atoms with van der Waals surface area (Å²) in [5, 5.41) is 4.19. The van der Waals surface area contributed by atoms with Crippen LogP contribution >= 0.6 is 22.7 Å². The van der Waals surface area contributed by atoms with E-state index in [-0.39, 0.29) is 0 Å². The maximum absolute atomic E-state index is 2.15. The number of thiophene rings is 2. The van der Waals surface area contributed by atoms with Crippen molar-refractivity contribution in [3.8, 4) is 0 Å². The minimum atomic E-state index is 1.23. The second-order valence-corrected chi connectivity index (χ2v) is 6.32. The molecule has 0 fully saturated rings. The summed E-state index contributed by atoms with van der Waals surface area (Å²) in [6.07, 6.45) is 8.61. The van der Waals surface area contributed by atoms with Crippen molar-refractivity contribution in [2.75, 3.05) is 0 Å². The van der Waals surface area contributed by atoms with E-state index in [1.165, 1.54) is 20.9 Å². The zero-order chi connectivity index (χ0) is 13.6. The van der Waals surface area contributed by atoms with Gasteiger partial charge in [0.15, 0.2) is 0 Å². The van der Waals surface area contributed by atoms with Crippen molar-refractivity contribution in [3.05, 3.63) is 80.2 Å². The fraction of sp³-hybridized carbons (Fsp3) is 0. The zero-order valence-corrected chi connectivity index (χ0v) is 12.5. The van der Waals surface area contributed by atoms with Crippen LogP contribution in [-0.4, -0.2) is 0 Å². The summed E-state index contributed by atoms with van der Waals surface area (Å²) < 4.78 is 0. The third kappa shape index (κ3) is 3.56. The SMILES string of the molecule is C(=Cc1cccs1)c1ccc(C=Cc2cccs2)cc1. The first kappa shape index (κ1) is 13.1. The van der Waals surface area contributed by atoms with E-state index in [4.69, 9.17) is 0 Å². The van der Waals surface area contributed by atoms with Crippen molar-refractivity contribution in [3.63, 3.8) is 0 Å². The Labute approximate surface area is 127 Å². The van der Waals surface area contributed by atoms with Crippen LogP contribution in [-0.2, 0) is 0 Å². The number of rotatable bonds is 4. The van der Waals surface area contributed by atoms with Crippen molar-refractivity contribution in [1.29, 1.82) is 0 Å². The molecule has 20 heavy (non-hydrogen) atoms. The Balaban J connectivity index is 1.68. The maximum Gasteiger partial charge on any atom is 0.0270 e. The van der Waals surface area contributed by atoms with Crippen LogP contribution in [0, 0.1) is 0 Å². The van der Waals surface area contributed by atoms with Gasteiger partial charge in [-0.3, -0.25) is 0 Å². The fourth-order valence-electron chi connectivity index (χ4n) is 1.85. The number of hydrogen-bond acceptors (Lipinski definition) is 2. The molecular formula is C18H14S2. The molecule has 0 atom stereocenters. The Morgan fingerprint density at radius 2 is 1.00 bits per heavy atom. The van der Waals surface area contributed by atoms with Crippen molar-refractivity contribution in [1.82, 2.24) is 0 Å². The van der Waals surface area contributed by atoms with E-state index < -0.39 is 0 Å². The molecule has 0 saturated heterocycles. The van der Waals surface area contributed by atoms with Gasteiger partial charge >= 0.3 is 0 Å². The Bertz CT molecular complexity index is 621. The van der Waals surface area contributed by atoms with Crippen LogP contribution in [0.4, 0.5) is 0 Å². The highest BCUT2D eigenvalue weighted by Crippen LogP contribution is 2.16. The highest BCUT2D eigenvalue weighted by molar-refractivity contribution is 7.11. The molecule has 0 amide bonds. The van der Waals surface area contributed by atoms with E-state index in [1.807, 2.05) is 0 Å². The number of hydrogen-bond donors (Lipinski definition) is 0. The lowest BCUT2D eigenvalue weighted by Crippen LogP contribution is -1.74. The van der Waals surface area contributed by atoms with Gasteiger partial charge in [0.2, 0.25) is 0 Å². The molecule has 3 rings (SSSR count). The molecule has 1 aromatic carbocycles. The van der Waals surface area contributed by atoms with Crippen LogP contribution in [0.25, 0.3) is 24.3 Å². The summed E-state index contributed by atoms with van der Waals surface area (Å²) in [5.74, 6) is 0. The minimum absolute atomic E-state index is 1.23. The van der Waals surface area contributed by atoms with E-state index in [0.717, 1.165) is 0 Å². The van der Waals surface area contributed by atoms with Gasteiger partial charge in [-0.15, -0.1) is 22.7 Å². The van der Waals surface area contributed by atoms with Gasteiger partial charge in [-0.2, -0.15) is 0 Å². The molecule has 0 aliphatic carbocycles. The highest BCUT2D eigenvalue weighted by Gasteiger charge is 1.91. The quantitative estimate of drug-likeness (QED) is 0.541. The standard InChI is InChI=1S/C18H14S2/c1-3-17(19-13-1)11-9-15-5-7-16(8-6-15)10-12-18-4-2-14-20-18/h1-14H. The topological polar surface area (TPSA) is 0 Å². The smallest absolute Gasteiger partial charge is 0.0270 e. The van der Waals surface area contributed by atoms with E-state index in [0.29, 0.717) is 0 Å². The van der Waals surface area contributed by atoms with Gasteiger partial charge in [-0.25, -0.2) is 0 Å². The lowest BCUT2D eigenvalue weighted by molar-refractivity contribution is 1.63. The summed E-state index contributed by atoms with van der Waals surface area (Å²) in [6, 6.07) is 17.0. The third-order valence-corrected chi connectivity index (χ3v) is 4.58. The van der Waals surface area contributed by atoms with E-state index in [2.05, 4.69) is 83.6 Å². The van der Waals surface area contributed by atoms with Gasteiger partial charge in [-0.05, 0) is 46.2 Å². The fourth-order valence-corrected chi connectivity index (χ4v) is 3.08. The maximum atomic E-state index is 2.15. The molecule has 0 bridgehead atoms. The Morgan fingerprint density at radius 3 is 1.35 bits per heavy atom. The monoisotopic (exact) mass is 294 g/mol. The molecule has 0 aliphatic heterocycles. The molecule has 0 radical (unpaired) electrons. The van der Waals surface area contributed by atoms with Crippen molar-refractivity contribution >= 4 is 47.0 Å². The van der Waals surface area contributed by atoms with Gasteiger partial charge in [0.1, 0.15) is 0 Å². The molecule has 2 aromatic heterocycles. The van der Waals surface area contributed by atoms with E-state index >= 15 is 0 Å². The van der Waals surface area contributed by atoms with Crippen LogP contribution in [0.3, 0.4) is 0 Å². The Kier molecular flexibility index (Phi) is 4.26. The average Bonchev–Trinajstić information content (AvgIpc) is 3.17. The van der Waals surface area contributed by atoms with E-state index in [1.54, 1.807) is 22.7 Å². The predicted octanol–water partition coefficient (Wildman–Crippen LogP) is 6.15. The largest absolute Gasteiger partial charge is 0.144 e. The van der Waals surface area contributed by atoms with Gasteiger partial charge in [0.25, 0.3) is 0 Å². The van der Waals surface area contributed by atoms with Crippen LogP contribution in [0.15, 0.2) is 59.3 Å². The second kappa shape index (κ2) is 6.51. The molecule has 0 unspecified atom stereocenters. The Morgan fingerprint density at radius 1 is 0.550 bits per heavy atom. The van der Waals surface area contributed by atoms with Gasteiger partial charge in [0.05, 0.1) is 0 Å². The molecular weight excluding hydrogens is 280 g/mol. The van der Waals surface area contributed by atoms with Crippen LogP contribution in [0.2, 0.25) is 0 Å². The third-order valence-electron chi connectivity index (χ3n) is 2.90. The molecule has 0 saturated carbocycles. The molecule has 2 heterocycles. The van der Waals surface area contributed by atoms with Gasteiger partial charge in [0, 0.05) is 9.75 Å². The molecule has 98 valence electrons. The van der Waals surface area contributed by atoms with Crippen LogP contribution in [0.5, 0.6) is 0 Å². The second-order valence-electron chi connectivity index (χ2n) is 4.36. The Hall–Kier alpha value is -1.90. The molecule has 3 aromatic rings. The first-order valence-electron chi connectivity index (χ1n) is 6.43. The summed E-state index contributed by atoms with van der Waals surface area (Å²) in [6.45, 7) is 0. The van der Waals surface area contributed by atoms with E-state index in [9.17, 15) is 0 Å². The summed E-state index contributed by atoms with van der Waals surface area (Å²) >= 11 is 3.51. The van der Waals surface area contributed by atoms with Crippen molar-refractivity contribution in [2.45, 2.75) is 0 Å². The normalized spacial score (nSPS) is 11.6. The molecule has 2 heteroatoms. The average molecular weight is 294 g/mol. The molecule has 0 spiro atoms. The summed E-state index contributed by atoms with van der Waals surface area (Å²) in [5.41, 5.74) is 2.46. The highest BCUT2D eigenvalue weighted by atomic mass is 32.1. The van der Waals surface area contributed by atoms with Gasteiger partial charge in [-0.1, -0.05) is 48.6 Å². The molecule has 0 nitrogen and oxygen atoms in total. The summed E-state index contributed by atoms with van der Waals surface area (Å²) in [4.78, 5) is 2.57. The lowest BCUT2D eigenvalue weighted by Gasteiger charge is -1.95. The van der Waals surface area contributed by atoms with Crippen molar-refractivity contribution in [2.24, 2.45) is 0 Å². The first-order valence-corrected chi connectivity index (χ1v) is 8.19. The molecule has 0 aliphatic rings. The zero-order valence-electron chi connectivity index (χ0n) is 10.9. The summed E-state index contributed by atoms with van der Waals surface area (Å²) in [7, 11) is 0. The van der Waals surface area contributed by atoms with Crippen molar-refractivity contribution < 1.29 is 0 Å². The van der Waals surface area contributed by atoms with Crippen LogP contribution < -0.4 is 0 Å².